The van der Waals surface area contributed by atoms with E-state index in [9.17, 15) is 14.9 Å². The van der Waals surface area contributed by atoms with Gasteiger partial charge in [-0.05, 0) is 12.5 Å². The summed E-state index contributed by atoms with van der Waals surface area (Å²) in [6, 6.07) is 4.26. The first-order chi connectivity index (χ1) is 9.52. The number of benzene rings is 1. The summed E-state index contributed by atoms with van der Waals surface area (Å²) in [4.78, 5) is 24.6. The number of amides is 1. The molecule has 1 amide bonds. The monoisotopic (exact) mass is 362 g/mol. The van der Waals surface area contributed by atoms with E-state index in [1.807, 2.05) is 6.92 Å². The van der Waals surface area contributed by atoms with Crippen LogP contribution in [-0.2, 0) is 0 Å². The van der Waals surface area contributed by atoms with Crippen molar-refractivity contribution in [2.24, 2.45) is 0 Å². The molecule has 1 aromatic rings. The zero-order valence-corrected chi connectivity index (χ0v) is 13.5. The fourth-order valence-corrected chi connectivity index (χ4v) is 2.48. The SMILES string of the molecule is CCCCN(CCBr)C(=O)c1c(Cl)cccc1[N+](=O)[O-]. The largest absolute Gasteiger partial charge is 0.338 e. The van der Waals surface area contributed by atoms with Crippen molar-refractivity contribution < 1.29 is 9.72 Å². The summed E-state index contributed by atoms with van der Waals surface area (Å²) in [7, 11) is 0. The molecule has 7 heteroatoms. The highest BCUT2D eigenvalue weighted by Gasteiger charge is 2.26. The maximum Gasteiger partial charge on any atom is 0.283 e. The normalized spacial score (nSPS) is 10.3. The molecule has 0 aliphatic heterocycles. The van der Waals surface area contributed by atoms with Crippen LogP contribution in [0.3, 0.4) is 0 Å². The molecule has 0 saturated carbocycles. The Kier molecular flexibility index (Phi) is 6.95. The third-order valence-electron chi connectivity index (χ3n) is 2.83. The van der Waals surface area contributed by atoms with Crippen LogP contribution in [0.4, 0.5) is 5.69 Å². The number of hydrogen-bond acceptors (Lipinski definition) is 3. The molecule has 0 N–H and O–H groups in total. The lowest BCUT2D eigenvalue weighted by Crippen LogP contribution is -2.34. The first-order valence-corrected chi connectivity index (χ1v) is 7.81. The molecule has 110 valence electrons. The fourth-order valence-electron chi connectivity index (χ4n) is 1.80. The van der Waals surface area contributed by atoms with Crippen LogP contribution in [0.1, 0.15) is 30.1 Å². The van der Waals surface area contributed by atoms with Crippen LogP contribution in [0.25, 0.3) is 0 Å². The minimum Gasteiger partial charge on any atom is -0.338 e. The lowest BCUT2D eigenvalue weighted by Gasteiger charge is -2.22. The highest BCUT2D eigenvalue weighted by molar-refractivity contribution is 9.09. The van der Waals surface area contributed by atoms with Gasteiger partial charge >= 0.3 is 0 Å². The van der Waals surface area contributed by atoms with E-state index in [4.69, 9.17) is 11.6 Å². The van der Waals surface area contributed by atoms with Crippen LogP contribution in [0, 0.1) is 10.1 Å². The summed E-state index contributed by atoms with van der Waals surface area (Å²) >= 11 is 9.27. The van der Waals surface area contributed by atoms with Crippen molar-refractivity contribution in [1.29, 1.82) is 0 Å². The summed E-state index contributed by atoms with van der Waals surface area (Å²) in [5.74, 6) is -0.393. The van der Waals surface area contributed by atoms with Crippen molar-refractivity contribution in [3.05, 3.63) is 38.9 Å². The van der Waals surface area contributed by atoms with Crippen LogP contribution in [0.2, 0.25) is 5.02 Å². The molecule has 0 aliphatic carbocycles. The topological polar surface area (TPSA) is 63.5 Å². The number of alkyl halides is 1. The van der Waals surface area contributed by atoms with Gasteiger partial charge in [-0.2, -0.15) is 0 Å². The minimum atomic E-state index is -0.578. The van der Waals surface area contributed by atoms with Crippen LogP contribution in [0.5, 0.6) is 0 Å². The average molecular weight is 364 g/mol. The Balaban J connectivity index is 3.13. The Hall–Kier alpha value is -1.14. The Labute approximate surface area is 131 Å². The molecule has 0 spiro atoms. The van der Waals surface area contributed by atoms with Crippen molar-refractivity contribution in [1.82, 2.24) is 4.90 Å². The van der Waals surface area contributed by atoms with Gasteiger partial charge in [0, 0.05) is 24.5 Å². The van der Waals surface area contributed by atoms with Gasteiger partial charge in [0.2, 0.25) is 0 Å². The molecule has 0 radical (unpaired) electrons. The van der Waals surface area contributed by atoms with Gasteiger partial charge in [-0.3, -0.25) is 14.9 Å². The van der Waals surface area contributed by atoms with Crippen molar-refractivity contribution in [2.45, 2.75) is 19.8 Å². The van der Waals surface area contributed by atoms with Crippen molar-refractivity contribution in [2.75, 3.05) is 18.4 Å². The molecule has 0 aliphatic rings. The lowest BCUT2D eigenvalue weighted by molar-refractivity contribution is -0.385. The van der Waals surface area contributed by atoms with Gasteiger partial charge in [-0.25, -0.2) is 0 Å². The third-order valence-corrected chi connectivity index (χ3v) is 3.50. The van der Waals surface area contributed by atoms with Gasteiger partial charge in [0.1, 0.15) is 5.56 Å². The lowest BCUT2D eigenvalue weighted by atomic mass is 10.1. The van der Waals surface area contributed by atoms with E-state index in [2.05, 4.69) is 15.9 Å². The number of hydrogen-bond donors (Lipinski definition) is 0. The second kappa shape index (κ2) is 8.21. The number of carbonyl (C=O) groups excluding carboxylic acids is 1. The minimum absolute atomic E-state index is 0.0313. The number of nitro benzene ring substituents is 1. The van der Waals surface area contributed by atoms with Crippen molar-refractivity contribution in [3.8, 4) is 0 Å². The summed E-state index contributed by atoms with van der Waals surface area (Å²) in [5, 5.41) is 11.8. The maximum atomic E-state index is 12.5. The Morgan fingerprint density at radius 3 is 2.70 bits per heavy atom. The van der Waals surface area contributed by atoms with E-state index in [0.29, 0.717) is 18.4 Å². The van der Waals surface area contributed by atoms with Gasteiger partial charge in [0.25, 0.3) is 11.6 Å². The molecule has 0 fully saturated rings. The number of rotatable bonds is 7. The number of carbonyl (C=O) groups is 1. The van der Waals surface area contributed by atoms with Gasteiger partial charge in [-0.1, -0.05) is 46.9 Å². The molecule has 20 heavy (non-hydrogen) atoms. The van der Waals surface area contributed by atoms with Gasteiger partial charge in [0.05, 0.1) is 9.95 Å². The summed E-state index contributed by atoms with van der Waals surface area (Å²) < 4.78 is 0. The molecule has 0 heterocycles. The summed E-state index contributed by atoms with van der Waals surface area (Å²) in [5.41, 5.74) is -0.283. The second-order valence-corrected chi connectivity index (χ2v) is 5.43. The molecule has 1 aromatic carbocycles. The molecule has 5 nitrogen and oxygen atoms in total. The average Bonchev–Trinajstić information content (AvgIpc) is 2.42. The van der Waals surface area contributed by atoms with E-state index in [-0.39, 0.29) is 16.3 Å². The second-order valence-electron chi connectivity index (χ2n) is 4.23. The zero-order valence-electron chi connectivity index (χ0n) is 11.1. The van der Waals surface area contributed by atoms with Crippen LogP contribution < -0.4 is 0 Å². The highest BCUT2D eigenvalue weighted by Crippen LogP contribution is 2.27. The predicted molar refractivity (Wildman–Crippen MR) is 82.7 cm³/mol. The Morgan fingerprint density at radius 2 is 2.15 bits per heavy atom. The Bertz CT molecular complexity index is 497. The highest BCUT2D eigenvalue weighted by atomic mass is 79.9. The smallest absolute Gasteiger partial charge is 0.283 e. The van der Waals surface area contributed by atoms with Crippen LogP contribution in [0.15, 0.2) is 18.2 Å². The number of nitro groups is 1. The first kappa shape index (κ1) is 16.9. The molecule has 0 saturated heterocycles. The van der Waals surface area contributed by atoms with Gasteiger partial charge < -0.3 is 4.90 Å². The van der Waals surface area contributed by atoms with Gasteiger partial charge in [-0.15, -0.1) is 0 Å². The molecule has 0 atom stereocenters. The molecule has 1 rings (SSSR count). The van der Waals surface area contributed by atoms with E-state index < -0.39 is 10.8 Å². The molecular weight excluding hydrogens is 348 g/mol. The molecule has 0 bridgehead atoms. The van der Waals surface area contributed by atoms with E-state index in [1.54, 1.807) is 4.90 Å². The summed E-state index contributed by atoms with van der Waals surface area (Å²) in [6.45, 7) is 3.07. The zero-order chi connectivity index (χ0) is 15.1. The van der Waals surface area contributed by atoms with Crippen LogP contribution in [-0.4, -0.2) is 34.2 Å². The van der Waals surface area contributed by atoms with Gasteiger partial charge in [0.15, 0.2) is 0 Å². The molecular formula is C13H16BrClN2O3. The number of nitrogens with zero attached hydrogens (tertiary/aromatic N) is 2. The Morgan fingerprint density at radius 1 is 1.45 bits per heavy atom. The molecule has 0 aromatic heterocycles. The van der Waals surface area contributed by atoms with E-state index in [0.717, 1.165) is 12.8 Å². The third kappa shape index (κ3) is 4.18. The van der Waals surface area contributed by atoms with Crippen LogP contribution >= 0.6 is 27.5 Å². The first-order valence-electron chi connectivity index (χ1n) is 6.31. The quantitative estimate of drug-likeness (QED) is 0.419. The maximum absolute atomic E-state index is 12.5. The molecule has 0 unspecified atom stereocenters. The predicted octanol–water partition coefficient (Wildman–Crippen LogP) is 3.89. The number of unbranched alkanes of at least 4 members (excludes halogenated alkanes) is 1. The van der Waals surface area contributed by atoms with E-state index in [1.165, 1.54) is 18.2 Å². The van der Waals surface area contributed by atoms with Crippen molar-refractivity contribution >= 4 is 39.1 Å². The fraction of sp³-hybridized carbons (Fsp3) is 0.462. The van der Waals surface area contributed by atoms with Crippen molar-refractivity contribution in [3.63, 3.8) is 0 Å². The summed E-state index contributed by atoms with van der Waals surface area (Å²) in [6.07, 6.45) is 1.79. The van der Waals surface area contributed by atoms with E-state index >= 15 is 0 Å². The number of halogens is 2. The standard InChI is InChI=1S/C13H16BrClN2O3/c1-2-3-8-16(9-7-14)13(18)12-10(15)5-4-6-11(12)17(19)20/h4-6H,2-3,7-9H2,1H3.